The minimum absolute atomic E-state index is 0.882. The van der Waals surface area contributed by atoms with Crippen molar-refractivity contribution < 1.29 is 4.42 Å². The van der Waals surface area contributed by atoms with E-state index in [4.69, 9.17) is 4.42 Å². The quantitative estimate of drug-likeness (QED) is 0.171. The highest BCUT2D eigenvalue weighted by Crippen LogP contribution is 2.48. The van der Waals surface area contributed by atoms with Gasteiger partial charge >= 0.3 is 0 Å². The molecule has 0 aliphatic rings. The molecule has 0 aliphatic heterocycles. The number of furan rings is 1. The number of rotatable bonds is 6. The second-order valence-electron chi connectivity index (χ2n) is 14.4. The van der Waals surface area contributed by atoms with Gasteiger partial charge < -0.3 is 9.32 Å². The van der Waals surface area contributed by atoms with Crippen molar-refractivity contribution in [2.75, 3.05) is 4.90 Å². The molecule has 1 aromatic heterocycles. The molecule has 262 valence electrons. The van der Waals surface area contributed by atoms with Crippen molar-refractivity contribution >= 4 is 71.3 Å². The van der Waals surface area contributed by atoms with E-state index in [1.165, 1.54) is 54.9 Å². The van der Waals surface area contributed by atoms with E-state index in [-0.39, 0.29) is 0 Å². The first-order valence-corrected chi connectivity index (χ1v) is 19.2. The van der Waals surface area contributed by atoms with Crippen molar-refractivity contribution in [1.82, 2.24) is 0 Å². The standard InChI is InChI=1S/C54H35NO/c1-2-13-36(14-3-1)37-27-29-38(30-28-37)39-31-33-42(34-32-39)55(50-25-11-18-41-16-5-7-20-44(41)50)51-35-49-53-47(45-23-10-17-40-15-4-6-19-43(40)45)24-12-26-52(53)56-54(49)48-22-9-8-21-46(48)51/h1-35H. The molecule has 0 amide bonds. The molecule has 0 saturated carbocycles. The van der Waals surface area contributed by atoms with Crippen molar-refractivity contribution in [2.45, 2.75) is 0 Å². The molecule has 0 radical (unpaired) electrons. The third-order valence-electron chi connectivity index (χ3n) is 11.3. The lowest BCUT2D eigenvalue weighted by atomic mass is 9.93. The number of hydrogen-bond donors (Lipinski definition) is 0. The van der Waals surface area contributed by atoms with Crippen LogP contribution < -0.4 is 4.90 Å². The van der Waals surface area contributed by atoms with Gasteiger partial charge in [-0.1, -0.05) is 182 Å². The maximum atomic E-state index is 6.84. The van der Waals surface area contributed by atoms with Crippen molar-refractivity contribution in [2.24, 2.45) is 0 Å². The van der Waals surface area contributed by atoms with Gasteiger partial charge in [-0.05, 0) is 79.9 Å². The van der Waals surface area contributed by atoms with Gasteiger partial charge in [-0.25, -0.2) is 0 Å². The Kier molecular flexibility index (Phi) is 7.53. The Morgan fingerprint density at radius 1 is 0.321 bits per heavy atom. The summed E-state index contributed by atoms with van der Waals surface area (Å²) in [6, 6.07) is 76.4. The Balaban J connectivity index is 1.14. The molecule has 0 N–H and O–H groups in total. The number of benzene rings is 10. The van der Waals surface area contributed by atoms with E-state index in [0.29, 0.717) is 0 Å². The van der Waals surface area contributed by atoms with E-state index in [1.807, 2.05) is 0 Å². The molecule has 0 unspecified atom stereocenters. The first-order chi connectivity index (χ1) is 27.8. The lowest BCUT2D eigenvalue weighted by Gasteiger charge is -2.28. The Morgan fingerprint density at radius 3 is 1.57 bits per heavy atom. The summed E-state index contributed by atoms with van der Waals surface area (Å²) in [6.45, 7) is 0. The molecule has 11 aromatic rings. The first-order valence-electron chi connectivity index (χ1n) is 19.2. The molecule has 0 aliphatic carbocycles. The highest BCUT2D eigenvalue weighted by Gasteiger charge is 2.23. The van der Waals surface area contributed by atoms with Crippen LogP contribution in [-0.4, -0.2) is 0 Å². The molecule has 2 nitrogen and oxygen atoms in total. The van der Waals surface area contributed by atoms with Crippen LogP contribution in [0.1, 0.15) is 0 Å². The topological polar surface area (TPSA) is 16.4 Å². The van der Waals surface area contributed by atoms with E-state index in [0.717, 1.165) is 49.8 Å². The molecule has 56 heavy (non-hydrogen) atoms. The zero-order valence-corrected chi connectivity index (χ0v) is 30.6. The maximum absolute atomic E-state index is 6.84. The largest absolute Gasteiger partial charge is 0.455 e. The third kappa shape index (κ3) is 5.26. The predicted molar refractivity (Wildman–Crippen MR) is 237 cm³/mol. The molecule has 0 saturated heterocycles. The second kappa shape index (κ2) is 13.2. The Bertz CT molecular complexity index is 3220. The van der Waals surface area contributed by atoms with Gasteiger partial charge in [0.15, 0.2) is 0 Å². The summed E-state index contributed by atoms with van der Waals surface area (Å²) in [4.78, 5) is 2.44. The van der Waals surface area contributed by atoms with E-state index in [9.17, 15) is 0 Å². The molecule has 0 fully saturated rings. The maximum Gasteiger partial charge on any atom is 0.143 e. The molecule has 2 heteroatoms. The Hall–Kier alpha value is -7.42. The van der Waals surface area contributed by atoms with Gasteiger partial charge in [-0.3, -0.25) is 0 Å². The minimum atomic E-state index is 0.882. The van der Waals surface area contributed by atoms with Crippen molar-refractivity contribution in [1.29, 1.82) is 0 Å². The van der Waals surface area contributed by atoms with Crippen LogP contribution in [0.5, 0.6) is 0 Å². The van der Waals surface area contributed by atoms with Crippen LogP contribution in [0.15, 0.2) is 217 Å². The molecular weight excluding hydrogens is 679 g/mol. The monoisotopic (exact) mass is 713 g/mol. The molecule has 1 heterocycles. The fourth-order valence-corrected chi connectivity index (χ4v) is 8.60. The normalized spacial score (nSPS) is 11.6. The number of nitrogens with zero attached hydrogens (tertiary/aromatic N) is 1. The van der Waals surface area contributed by atoms with Gasteiger partial charge in [0, 0.05) is 32.6 Å². The SMILES string of the molecule is c1ccc(-c2ccc(-c3ccc(N(c4cccc5ccccc45)c4cc5c(oc6cccc(-c7cccc8ccccc78)c65)c5ccccc45)cc3)cc2)cc1. The van der Waals surface area contributed by atoms with Crippen LogP contribution in [0.4, 0.5) is 17.1 Å². The van der Waals surface area contributed by atoms with E-state index in [2.05, 4.69) is 217 Å². The highest BCUT2D eigenvalue weighted by atomic mass is 16.3. The molecule has 10 aromatic carbocycles. The summed E-state index contributed by atoms with van der Waals surface area (Å²) in [5, 5.41) is 9.26. The Morgan fingerprint density at radius 2 is 0.839 bits per heavy atom. The fourth-order valence-electron chi connectivity index (χ4n) is 8.60. The molecule has 0 spiro atoms. The average molecular weight is 714 g/mol. The highest BCUT2D eigenvalue weighted by molar-refractivity contribution is 6.24. The average Bonchev–Trinajstić information content (AvgIpc) is 3.66. The summed E-state index contributed by atoms with van der Waals surface area (Å²) in [5.74, 6) is 0. The van der Waals surface area contributed by atoms with Crippen LogP contribution in [0.2, 0.25) is 0 Å². The molecule has 11 rings (SSSR count). The number of anilines is 3. The molecule has 0 atom stereocenters. The van der Waals surface area contributed by atoms with Crippen LogP contribution in [0.3, 0.4) is 0 Å². The van der Waals surface area contributed by atoms with Gasteiger partial charge in [0.05, 0.1) is 11.4 Å². The third-order valence-corrected chi connectivity index (χ3v) is 11.3. The summed E-state index contributed by atoms with van der Waals surface area (Å²) < 4.78 is 6.84. The lowest BCUT2D eigenvalue weighted by Crippen LogP contribution is -2.11. The van der Waals surface area contributed by atoms with E-state index in [1.54, 1.807) is 0 Å². The smallest absolute Gasteiger partial charge is 0.143 e. The van der Waals surface area contributed by atoms with Gasteiger partial charge in [-0.2, -0.15) is 0 Å². The van der Waals surface area contributed by atoms with Gasteiger partial charge in [0.25, 0.3) is 0 Å². The number of hydrogen-bond acceptors (Lipinski definition) is 2. The lowest BCUT2D eigenvalue weighted by molar-refractivity contribution is 0.673. The summed E-state index contributed by atoms with van der Waals surface area (Å²) in [6.07, 6.45) is 0. The van der Waals surface area contributed by atoms with Gasteiger partial charge in [0.2, 0.25) is 0 Å². The van der Waals surface area contributed by atoms with E-state index >= 15 is 0 Å². The van der Waals surface area contributed by atoms with Crippen LogP contribution in [0.25, 0.3) is 87.6 Å². The summed E-state index contributed by atoms with van der Waals surface area (Å²) in [5.41, 5.74) is 12.2. The number of fused-ring (bicyclic) bond motifs is 7. The summed E-state index contributed by atoms with van der Waals surface area (Å²) >= 11 is 0. The van der Waals surface area contributed by atoms with Crippen LogP contribution in [-0.2, 0) is 0 Å². The summed E-state index contributed by atoms with van der Waals surface area (Å²) in [7, 11) is 0. The van der Waals surface area contributed by atoms with Crippen molar-refractivity contribution in [3.8, 4) is 33.4 Å². The van der Waals surface area contributed by atoms with Gasteiger partial charge in [0.1, 0.15) is 11.2 Å². The van der Waals surface area contributed by atoms with Gasteiger partial charge in [-0.15, -0.1) is 0 Å². The van der Waals surface area contributed by atoms with Crippen molar-refractivity contribution in [3.05, 3.63) is 212 Å². The Labute approximate surface area is 325 Å². The van der Waals surface area contributed by atoms with Crippen LogP contribution >= 0.6 is 0 Å². The minimum Gasteiger partial charge on any atom is -0.455 e. The molecular formula is C54H35NO. The molecule has 0 bridgehead atoms. The zero-order chi connectivity index (χ0) is 37.0. The predicted octanol–water partition coefficient (Wildman–Crippen LogP) is 15.5. The van der Waals surface area contributed by atoms with Crippen molar-refractivity contribution in [3.63, 3.8) is 0 Å². The first kappa shape index (κ1) is 32.0. The van der Waals surface area contributed by atoms with E-state index < -0.39 is 0 Å². The zero-order valence-electron chi connectivity index (χ0n) is 30.6. The second-order valence-corrected chi connectivity index (χ2v) is 14.4. The fraction of sp³-hybridized carbons (Fsp3) is 0. The van der Waals surface area contributed by atoms with Crippen LogP contribution in [0, 0.1) is 0 Å².